The first-order valence-corrected chi connectivity index (χ1v) is 5.43. The van der Waals surface area contributed by atoms with Gasteiger partial charge in [0, 0.05) is 24.7 Å². The molecule has 2 aromatic rings. The average Bonchev–Trinajstić information content (AvgIpc) is 2.89. The number of hydrogen-bond acceptors (Lipinski definition) is 4. The second kappa shape index (κ2) is 4.89. The zero-order valence-electron chi connectivity index (χ0n) is 9.27. The van der Waals surface area contributed by atoms with Crippen LogP contribution in [0, 0.1) is 0 Å². The highest BCUT2D eigenvalue weighted by Gasteiger charge is 2.13. The quantitative estimate of drug-likeness (QED) is 0.691. The number of rotatable bonds is 5. The van der Waals surface area contributed by atoms with Crippen molar-refractivity contribution in [3.05, 3.63) is 29.9 Å². The lowest BCUT2D eigenvalue weighted by Crippen LogP contribution is -2.15. The van der Waals surface area contributed by atoms with Crippen molar-refractivity contribution in [1.82, 2.24) is 25.1 Å². The van der Waals surface area contributed by atoms with Gasteiger partial charge in [-0.2, -0.15) is 5.10 Å². The first-order valence-electron chi connectivity index (χ1n) is 5.43. The Hall–Kier alpha value is -1.69. The van der Waals surface area contributed by atoms with Crippen molar-refractivity contribution in [3.8, 4) is 0 Å². The van der Waals surface area contributed by atoms with Crippen LogP contribution >= 0.6 is 0 Å². The maximum Gasteiger partial charge on any atom is 0.167 e. The molecule has 2 rings (SSSR count). The molecule has 0 saturated carbocycles. The molecule has 0 unspecified atom stereocenters. The van der Waals surface area contributed by atoms with Gasteiger partial charge in [0.25, 0.3) is 0 Å². The van der Waals surface area contributed by atoms with Gasteiger partial charge in [-0.05, 0) is 6.42 Å². The minimum atomic E-state index is -0.192. The molecule has 0 spiro atoms. The summed E-state index contributed by atoms with van der Waals surface area (Å²) in [4.78, 5) is 11.3. The Morgan fingerprint density at radius 3 is 3.06 bits per heavy atom. The van der Waals surface area contributed by atoms with Crippen molar-refractivity contribution in [2.45, 2.75) is 32.2 Å². The summed E-state index contributed by atoms with van der Waals surface area (Å²) in [7, 11) is 0. The lowest BCUT2D eigenvalue weighted by atomic mass is 10.2. The number of nitrogens with zero attached hydrogens (tertiary/aromatic N) is 3. The molecular weight excluding hydrogens is 204 g/mol. The Morgan fingerprint density at radius 2 is 2.38 bits per heavy atom. The van der Waals surface area contributed by atoms with Gasteiger partial charge in [0.1, 0.15) is 5.82 Å². The molecule has 0 aliphatic carbocycles. The molecule has 0 bridgehead atoms. The number of aromatic amines is 2. The highest BCUT2D eigenvalue weighted by Crippen LogP contribution is 2.10. The van der Waals surface area contributed by atoms with Gasteiger partial charge < -0.3 is 10.7 Å². The third-order valence-corrected chi connectivity index (χ3v) is 2.36. The summed E-state index contributed by atoms with van der Waals surface area (Å²) in [6.07, 6.45) is 6.03. The van der Waals surface area contributed by atoms with Crippen molar-refractivity contribution in [2.24, 2.45) is 5.73 Å². The summed E-state index contributed by atoms with van der Waals surface area (Å²) in [6.45, 7) is 2.10. The molecule has 2 heterocycles. The number of nitrogens with one attached hydrogen (secondary N) is 2. The summed E-state index contributed by atoms with van der Waals surface area (Å²) in [6, 6.07) is -0.192. The van der Waals surface area contributed by atoms with E-state index in [4.69, 9.17) is 5.73 Å². The molecular formula is C10H16N6. The molecule has 0 amide bonds. The molecule has 2 aromatic heterocycles. The van der Waals surface area contributed by atoms with Crippen LogP contribution < -0.4 is 5.73 Å². The predicted molar refractivity (Wildman–Crippen MR) is 59.6 cm³/mol. The van der Waals surface area contributed by atoms with E-state index in [1.807, 2.05) is 0 Å². The first-order chi connectivity index (χ1) is 7.79. The van der Waals surface area contributed by atoms with Gasteiger partial charge >= 0.3 is 0 Å². The largest absolute Gasteiger partial charge is 0.348 e. The van der Waals surface area contributed by atoms with Crippen molar-refractivity contribution in [1.29, 1.82) is 0 Å². The summed E-state index contributed by atoms with van der Waals surface area (Å²) < 4.78 is 0. The van der Waals surface area contributed by atoms with E-state index in [1.54, 1.807) is 12.5 Å². The lowest BCUT2D eigenvalue weighted by Gasteiger charge is -2.04. The number of hydrogen-bond donors (Lipinski definition) is 3. The number of H-pyrrole nitrogens is 2. The fourth-order valence-electron chi connectivity index (χ4n) is 1.55. The second-order valence-electron chi connectivity index (χ2n) is 3.78. The van der Waals surface area contributed by atoms with Crippen LogP contribution in [0.3, 0.4) is 0 Å². The van der Waals surface area contributed by atoms with E-state index in [1.165, 1.54) is 0 Å². The maximum absolute atomic E-state index is 6.00. The molecule has 0 aliphatic heterocycles. The van der Waals surface area contributed by atoms with Crippen LogP contribution in [0.15, 0.2) is 12.5 Å². The molecule has 6 heteroatoms. The highest BCUT2D eigenvalue weighted by atomic mass is 15.2. The van der Waals surface area contributed by atoms with E-state index in [0.717, 1.165) is 24.4 Å². The summed E-state index contributed by atoms with van der Waals surface area (Å²) in [5, 5.41) is 7.02. The molecule has 0 aromatic carbocycles. The average molecular weight is 220 g/mol. The Balaban J connectivity index is 2.00. The topological polar surface area (TPSA) is 96.3 Å². The van der Waals surface area contributed by atoms with Gasteiger partial charge in [0.05, 0.1) is 12.4 Å². The summed E-state index contributed by atoms with van der Waals surface area (Å²) in [5.41, 5.74) is 7.00. The molecule has 4 N–H and O–H groups in total. The third kappa shape index (κ3) is 2.46. The zero-order chi connectivity index (χ0) is 11.4. The third-order valence-electron chi connectivity index (χ3n) is 2.36. The van der Waals surface area contributed by atoms with E-state index < -0.39 is 0 Å². The Labute approximate surface area is 93.7 Å². The number of nitrogens with two attached hydrogens (primary N) is 1. The second-order valence-corrected chi connectivity index (χ2v) is 3.78. The van der Waals surface area contributed by atoms with E-state index in [2.05, 4.69) is 32.1 Å². The van der Waals surface area contributed by atoms with Crippen molar-refractivity contribution < 1.29 is 0 Å². The van der Waals surface area contributed by atoms with Crippen LogP contribution in [0.1, 0.15) is 36.7 Å². The monoisotopic (exact) mass is 220 g/mol. The summed E-state index contributed by atoms with van der Waals surface area (Å²) >= 11 is 0. The van der Waals surface area contributed by atoms with Crippen LogP contribution in [-0.2, 0) is 12.8 Å². The normalized spacial score (nSPS) is 12.9. The van der Waals surface area contributed by atoms with Crippen LogP contribution in [-0.4, -0.2) is 25.1 Å². The van der Waals surface area contributed by atoms with Gasteiger partial charge in [-0.15, -0.1) is 0 Å². The van der Waals surface area contributed by atoms with Gasteiger partial charge in [-0.25, -0.2) is 9.97 Å². The Bertz CT molecular complexity index is 418. The van der Waals surface area contributed by atoms with Crippen LogP contribution in [0.25, 0.3) is 0 Å². The lowest BCUT2D eigenvalue weighted by molar-refractivity contribution is 0.661. The fourth-order valence-corrected chi connectivity index (χ4v) is 1.55. The standard InChI is InChI=1S/C10H16N6/c1-2-3-9-14-10(16-15-9)8(11)4-7-5-12-6-13-7/h5-6,8H,2-4,11H2,1H3,(H,12,13)(H,14,15,16)/t8-/m0/s1. The van der Waals surface area contributed by atoms with Crippen molar-refractivity contribution in [2.75, 3.05) is 0 Å². The Morgan fingerprint density at radius 1 is 1.50 bits per heavy atom. The van der Waals surface area contributed by atoms with E-state index in [-0.39, 0.29) is 6.04 Å². The SMILES string of the molecule is CCCc1nc([C@@H](N)Cc2cnc[nH]2)n[nH]1. The molecule has 0 saturated heterocycles. The van der Waals surface area contributed by atoms with E-state index in [9.17, 15) is 0 Å². The zero-order valence-corrected chi connectivity index (χ0v) is 9.27. The van der Waals surface area contributed by atoms with E-state index in [0.29, 0.717) is 12.2 Å². The molecule has 0 radical (unpaired) electrons. The van der Waals surface area contributed by atoms with E-state index >= 15 is 0 Å². The van der Waals surface area contributed by atoms with Crippen LogP contribution in [0.4, 0.5) is 0 Å². The van der Waals surface area contributed by atoms with Crippen molar-refractivity contribution in [3.63, 3.8) is 0 Å². The first kappa shape index (κ1) is 10.8. The van der Waals surface area contributed by atoms with Gasteiger partial charge in [-0.1, -0.05) is 6.92 Å². The minimum Gasteiger partial charge on any atom is -0.348 e. The predicted octanol–water partition coefficient (Wildman–Crippen LogP) is 0.723. The molecule has 16 heavy (non-hydrogen) atoms. The molecule has 6 nitrogen and oxygen atoms in total. The number of imidazole rings is 1. The molecule has 0 aliphatic rings. The highest BCUT2D eigenvalue weighted by molar-refractivity contribution is 5.03. The molecule has 86 valence electrons. The fraction of sp³-hybridized carbons (Fsp3) is 0.500. The number of aryl methyl sites for hydroxylation is 1. The maximum atomic E-state index is 6.00. The van der Waals surface area contributed by atoms with Crippen LogP contribution in [0.5, 0.6) is 0 Å². The van der Waals surface area contributed by atoms with Gasteiger partial charge in [-0.3, -0.25) is 5.10 Å². The van der Waals surface area contributed by atoms with Gasteiger partial charge in [0.2, 0.25) is 0 Å². The molecule has 0 fully saturated rings. The minimum absolute atomic E-state index is 0.192. The smallest absolute Gasteiger partial charge is 0.167 e. The van der Waals surface area contributed by atoms with Crippen molar-refractivity contribution >= 4 is 0 Å². The number of aromatic nitrogens is 5. The van der Waals surface area contributed by atoms with Gasteiger partial charge in [0.15, 0.2) is 5.82 Å². The molecule has 1 atom stereocenters. The summed E-state index contributed by atoms with van der Waals surface area (Å²) in [5.74, 6) is 1.57. The Kier molecular flexibility index (Phi) is 3.31. The van der Waals surface area contributed by atoms with Crippen LogP contribution in [0.2, 0.25) is 0 Å².